The maximum Gasteiger partial charge on any atom is 0.490 e. The van der Waals surface area contributed by atoms with Crippen LogP contribution in [0.15, 0.2) is 43.2 Å². The molecule has 1 N–H and O–H groups in total. The third kappa shape index (κ3) is 5.29. The molecule has 2 aliphatic rings. The lowest BCUT2D eigenvalue weighted by Crippen LogP contribution is -2.31. The fourth-order valence-corrected chi connectivity index (χ4v) is 3.75. The van der Waals surface area contributed by atoms with Crippen LogP contribution in [0.1, 0.15) is 18.4 Å². The lowest BCUT2D eigenvalue weighted by molar-refractivity contribution is -0.192. The largest absolute Gasteiger partial charge is 0.490 e. The summed E-state index contributed by atoms with van der Waals surface area (Å²) in [6, 6.07) is 4.07. The molecule has 160 valence electrons. The molecule has 0 bridgehead atoms. The van der Waals surface area contributed by atoms with Gasteiger partial charge in [-0.1, -0.05) is 6.07 Å². The number of nitrogens with zero attached hydrogens (tertiary/aromatic N) is 5. The number of aliphatic carboxylic acids is 1. The number of likely N-dealkylation sites (tertiary alicyclic amines) is 1. The number of carbonyl (C=O) groups excluding carboxylic acids is 1. The van der Waals surface area contributed by atoms with E-state index in [4.69, 9.17) is 9.90 Å². The number of carboxylic acids is 1. The first-order chi connectivity index (χ1) is 14.2. The first kappa shape index (κ1) is 21.6. The Morgan fingerprint density at radius 1 is 1.17 bits per heavy atom. The summed E-state index contributed by atoms with van der Waals surface area (Å²) in [6.07, 6.45) is 5.22. The smallest absolute Gasteiger partial charge is 0.475 e. The molecule has 0 radical (unpaired) electrons. The molecule has 1 amide bonds. The molecule has 4 heterocycles. The van der Waals surface area contributed by atoms with Crippen molar-refractivity contribution in [2.75, 3.05) is 24.5 Å². The second-order valence-electron chi connectivity index (χ2n) is 7.38. The minimum absolute atomic E-state index is 0.0646. The van der Waals surface area contributed by atoms with Crippen LogP contribution >= 0.6 is 0 Å². The molecule has 1 unspecified atom stereocenters. The van der Waals surface area contributed by atoms with E-state index >= 15 is 0 Å². The molecule has 8 nitrogen and oxygen atoms in total. The Kier molecular flexibility index (Phi) is 6.30. The van der Waals surface area contributed by atoms with Gasteiger partial charge in [-0.05, 0) is 24.6 Å². The topological polar surface area (TPSA) is 99.5 Å². The first-order valence-corrected chi connectivity index (χ1v) is 9.15. The number of pyridine rings is 1. The van der Waals surface area contributed by atoms with Gasteiger partial charge in [0.15, 0.2) is 0 Å². The lowest BCUT2D eigenvalue weighted by atomic mass is 9.86. The van der Waals surface area contributed by atoms with Crippen LogP contribution in [-0.2, 0) is 16.1 Å². The first-order valence-electron chi connectivity index (χ1n) is 9.15. The van der Waals surface area contributed by atoms with Gasteiger partial charge < -0.3 is 10.0 Å². The quantitative estimate of drug-likeness (QED) is 0.807. The summed E-state index contributed by atoms with van der Waals surface area (Å²) in [5.41, 5.74) is 2.09. The van der Waals surface area contributed by atoms with Gasteiger partial charge in [-0.15, -0.1) is 0 Å². The molecule has 11 heteroatoms. The van der Waals surface area contributed by atoms with E-state index in [-0.39, 0.29) is 11.3 Å². The van der Waals surface area contributed by atoms with Gasteiger partial charge in [-0.2, -0.15) is 13.2 Å². The number of alkyl halides is 3. The normalized spacial score (nSPS) is 21.6. The summed E-state index contributed by atoms with van der Waals surface area (Å²) in [5, 5.41) is 7.12. The van der Waals surface area contributed by atoms with Crippen LogP contribution in [0.25, 0.3) is 0 Å². The van der Waals surface area contributed by atoms with Gasteiger partial charge in [0, 0.05) is 43.9 Å². The zero-order valence-corrected chi connectivity index (χ0v) is 15.9. The molecule has 1 atom stereocenters. The zero-order chi connectivity index (χ0) is 21.8. The van der Waals surface area contributed by atoms with Gasteiger partial charge >= 0.3 is 12.1 Å². The van der Waals surface area contributed by atoms with E-state index in [1.807, 2.05) is 17.2 Å². The molecule has 0 aromatic carbocycles. The molecule has 2 aliphatic heterocycles. The maximum absolute atomic E-state index is 12.4. The number of amides is 1. The number of rotatable bonds is 3. The number of aromatic nitrogens is 3. The Labute approximate surface area is 170 Å². The average Bonchev–Trinajstić information content (AvgIpc) is 3.25. The van der Waals surface area contributed by atoms with Gasteiger partial charge in [0.2, 0.25) is 5.91 Å². The summed E-state index contributed by atoms with van der Waals surface area (Å²) in [5.74, 6) is -2.57. The Morgan fingerprint density at radius 2 is 1.87 bits per heavy atom. The van der Waals surface area contributed by atoms with E-state index in [0.29, 0.717) is 6.42 Å². The summed E-state index contributed by atoms with van der Waals surface area (Å²) in [6.45, 7) is 3.65. The molecule has 4 rings (SSSR count). The highest BCUT2D eigenvalue weighted by atomic mass is 19.4. The van der Waals surface area contributed by atoms with Crippen molar-refractivity contribution in [2.24, 2.45) is 5.41 Å². The van der Waals surface area contributed by atoms with Crippen LogP contribution in [-0.4, -0.2) is 62.6 Å². The van der Waals surface area contributed by atoms with Crippen LogP contribution in [0.2, 0.25) is 0 Å². The molecule has 30 heavy (non-hydrogen) atoms. The number of hydrogen-bond acceptors (Lipinski definition) is 6. The third-order valence-electron chi connectivity index (χ3n) is 5.07. The molecular weight excluding hydrogens is 403 g/mol. The zero-order valence-electron chi connectivity index (χ0n) is 15.9. The van der Waals surface area contributed by atoms with Crippen molar-refractivity contribution in [3.05, 3.63) is 48.8 Å². The van der Waals surface area contributed by atoms with Crippen molar-refractivity contribution in [1.82, 2.24) is 19.9 Å². The third-order valence-corrected chi connectivity index (χ3v) is 5.07. The van der Waals surface area contributed by atoms with Gasteiger partial charge in [-0.3, -0.25) is 14.7 Å². The predicted molar refractivity (Wildman–Crippen MR) is 99.3 cm³/mol. The molecule has 1 spiro atoms. The van der Waals surface area contributed by atoms with E-state index in [9.17, 15) is 18.0 Å². The van der Waals surface area contributed by atoms with Crippen molar-refractivity contribution < 1.29 is 27.9 Å². The van der Waals surface area contributed by atoms with E-state index in [1.165, 1.54) is 11.9 Å². The van der Waals surface area contributed by atoms with Crippen molar-refractivity contribution in [1.29, 1.82) is 0 Å². The standard InChI is InChI=1S/C17H19N5O.C2HF3O2/c23-16-6-17(12-22(16)15-8-19-13-20-9-15)3-5-21(11-17)10-14-2-1-4-18-7-14;3-2(4,5)1(6)7/h1-2,4,7-9,13H,3,5-6,10-12H2;(H,6,7). The molecule has 2 saturated heterocycles. The second kappa shape index (κ2) is 8.74. The molecule has 0 saturated carbocycles. The molecule has 2 aromatic rings. The van der Waals surface area contributed by atoms with Crippen molar-refractivity contribution >= 4 is 17.6 Å². The highest BCUT2D eigenvalue weighted by Crippen LogP contribution is 2.41. The van der Waals surface area contributed by atoms with Gasteiger partial charge in [-0.25, -0.2) is 14.8 Å². The maximum atomic E-state index is 12.4. The number of hydrogen-bond donors (Lipinski definition) is 1. The highest BCUT2D eigenvalue weighted by molar-refractivity contribution is 5.96. The van der Waals surface area contributed by atoms with Crippen LogP contribution in [0.4, 0.5) is 18.9 Å². The van der Waals surface area contributed by atoms with Crippen LogP contribution < -0.4 is 4.90 Å². The molecule has 2 aromatic heterocycles. The molecule has 0 aliphatic carbocycles. The average molecular weight is 423 g/mol. The summed E-state index contributed by atoms with van der Waals surface area (Å²) < 4.78 is 31.7. The van der Waals surface area contributed by atoms with Crippen molar-refractivity contribution in [3.63, 3.8) is 0 Å². The monoisotopic (exact) mass is 423 g/mol. The molecule has 2 fully saturated rings. The van der Waals surface area contributed by atoms with Gasteiger partial charge in [0.1, 0.15) is 6.33 Å². The van der Waals surface area contributed by atoms with E-state index in [1.54, 1.807) is 18.6 Å². The fraction of sp³-hybridized carbons (Fsp3) is 0.421. The Morgan fingerprint density at radius 3 is 2.47 bits per heavy atom. The summed E-state index contributed by atoms with van der Waals surface area (Å²) in [4.78, 5) is 37.8. The number of halogens is 3. The SMILES string of the molecule is O=C(O)C(F)(F)F.O=C1CC2(CCN(Cc3cccnc3)C2)CN1c1cncnc1. The van der Waals surface area contributed by atoms with Crippen LogP contribution in [0.5, 0.6) is 0 Å². The lowest BCUT2D eigenvalue weighted by Gasteiger charge is -2.24. The second-order valence-corrected chi connectivity index (χ2v) is 7.38. The summed E-state index contributed by atoms with van der Waals surface area (Å²) >= 11 is 0. The van der Waals surface area contributed by atoms with E-state index in [0.717, 1.165) is 38.3 Å². The minimum Gasteiger partial charge on any atom is -0.475 e. The number of anilines is 1. The number of carbonyl (C=O) groups is 2. The highest BCUT2D eigenvalue weighted by Gasteiger charge is 2.47. The minimum atomic E-state index is -5.08. The summed E-state index contributed by atoms with van der Waals surface area (Å²) in [7, 11) is 0. The predicted octanol–water partition coefficient (Wildman–Crippen LogP) is 2.13. The van der Waals surface area contributed by atoms with Crippen LogP contribution in [0, 0.1) is 5.41 Å². The van der Waals surface area contributed by atoms with Crippen molar-refractivity contribution in [3.8, 4) is 0 Å². The van der Waals surface area contributed by atoms with Gasteiger partial charge in [0.25, 0.3) is 0 Å². The van der Waals surface area contributed by atoms with Gasteiger partial charge in [0.05, 0.1) is 18.1 Å². The molecular formula is C19H20F3N5O3. The Bertz CT molecular complexity index is 882. The van der Waals surface area contributed by atoms with E-state index in [2.05, 4.69) is 25.9 Å². The Hall–Kier alpha value is -3.08. The number of carboxylic acid groups (broad SMARTS) is 1. The Balaban J connectivity index is 0.000000318. The fourth-order valence-electron chi connectivity index (χ4n) is 3.75. The van der Waals surface area contributed by atoms with Crippen molar-refractivity contribution in [2.45, 2.75) is 25.6 Å². The van der Waals surface area contributed by atoms with Crippen LogP contribution in [0.3, 0.4) is 0 Å². The van der Waals surface area contributed by atoms with E-state index < -0.39 is 12.1 Å².